The van der Waals surface area contributed by atoms with E-state index in [9.17, 15) is 14.9 Å². The lowest BCUT2D eigenvalue weighted by Crippen LogP contribution is -2.15. The second kappa shape index (κ2) is 9.16. The summed E-state index contributed by atoms with van der Waals surface area (Å²) >= 11 is 0. The predicted octanol–water partition coefficient (Wildman–Crippen LogP) is 3.43. The summed E-state index contributed by atoms with van der Waals surface area (Å²) in [5.41, 5.74) is 0.777. The van der Waals surface area contributed by atoms with Crippen LogP contribution in [0, 0.1) is 17.0 Å². The van der Waals surface area contributed by atoms with Crippen molar-refractivity contribution in [3.63, 3.8) is 0 Å². The van der Waals surface area contributed by atoms with Gasteiger partial charge in [-0.3, -0.25) is 14.9 Å². The number of nitrogens with one attached hydrogen (secondary N) is 1. The normalized spacial score (nSPS) is 10.5. The third-order valence-corrected chi connectivity index (χ3v) is 4.72. The third kappa shape index (κ3) is 4.42. The van der Waals surface area contributed by atoms with Crippen molar-refractivity contribution in [3.8, 4) is 17.2 Å². The average molecular weight is 426 g/mol. The molecule has 0 aliphatic carbocycles. The highest BCUT2D eigenvalue weighted by atomic mass is 16.6. The summed E-state index contributed by atoms with van der Waals surface area (Å²) in [6.45, 7) is 2.55. The SMILES string of the molecule is COc1cc(C(=O)Nc2ccc(Cn3ccnc3C)cc2)c([N+](=O)[O-])c(OC)c1OC. The molecule has 0 aliphatic heterocycles. The van der Waals surface area contributed by atoms with E-state index in [1.165, 1.54) is 27.4 Å². The Hall–Kier alpha value is -4.08. The molecule has 1 aromatic heterocycles. The quantitative estimate of drug-likeness (QED) is 0.433. The van der Waals surface area contributed by atoms with Gasteiger partial charge in [0.1, 0.15) is 11.4 Å². The molecule has 1 N–H and O–H groups in total. The molecule has 0 radical (unpaired) electrons. The Bertz CT molecular complexity index is 1110. The van der Waals surface area contributed by atoms with E-state index in [0.29, 0.717) is 12.2 Å². The minimum Gasteiger partial charge on any atom is -0.493 e. The van der Waals surface area contributed by atoms with Gasteiger partial charge >= 0.3 is 5.69 Å². The van der Waals surface area contributed by atoms with E-state index in [0.717, 1.165) is 11.4 Å². The number of nitro benzene ring substituents is 1. The maximum Gasteiger partial charge on any atom is 0.327 e. The Morgan fingerprint density at radius 2 is 1.81 bits per heavy atom. The largest absolute Gasteiger partial charge is 0.493 e. The maximum absolute atomic E-state index is 12.9. The minimum absolute atomic E-state index is 0.0346. The zero-order valence-corrected chi connectivity index (χ0v) is 17.5. The molecule has 3 rings (SSSR count). The molecule has 0 aliphatic rings. The number of benzene rings is 2. The number of nitrogens with zero attached hydrogens (tertiary/aromatic N) is 3. The van der Waals surface area contributed by atoms with Crippen LogP contribution in [0.3, 0.4) is 0 Å². The number of carbonyl (C=O) groups is 1. The summed E-state index contributed by atoms with van der Waals surface area (Å²) < 4.78 is 17.5. The Balaban J connectivity index is 1.89. The molecule has 0 unspecified atom stereocenters. The highest BCUT2D eigenvalue weighted by Gasteiger charge is 2.32. The van der Waals surface area contributed by atoms with Gasteiger partial charge in [0, 0.05) is 30.7 Å². The number of aromatic nitrogens is 2. The molecule has 1 heterocycles. The van der Waals surface area contributed by atoms with Crippen molar-refractivity contribution in [1.29, 1.82) is 0 Å². The van der Waals surface area contributed by atoms with Crippen molar-refractivity contribution in [3.05, 3.63) is 69.8 Å². The smallest absolute Gasteiger partial charge is 0.327 e. The zero-order valence-electron chi connectivity index (χ0n) is 17.5. The van der Waals surface area contributed by atoms with E-state index < -0.39 is 16.5 Å². The first-order chi connectivity index (χ1) is 14.9. The van der Waals surface area contributed by atoms with Crippen LogP contribution in [0.2, 0.25) is 0 Å². The number of hydrogen-bond donors (Lipinski definition) is 1. The summed E-state index contributed by atoms with van der Waals surface area (Å²) in [4.78, 5) is 28.1. The van der Waals surface area contributed by atoms with Crippen LogP contribution < -0.4 is 19.5 Å². The predicted molar refractivity (Wildman–Crippen MR) is 113 cm³/mol. The molecular formula is C21H22N4O6. The van der Waals surface area contributed by atoms with Crippen LogP contribution in [0.1, 0.15) is 21.7 Å². The first-order valence-corrected chi connectivity index (χ1v) is 9.25. The van der Waals surface area contributed by atoms with E-state index in [1.54, 1.807) is 18.3 Å². The number of nitro groups is 1. The fourth-order valence-electron chi connectivity index (χ4n) is 3.15. The van der Waals surface area contributed by atoms with Gasteiger partial charge in [-0.05, 0) is 24.6 Å². The zero-order chi connectivity index (χ0) is 22.5. The van der Waals surface area contributed by atoms with Crippen LogP contribution >= 0.6 is 0 Å². The van der Waals surface area contributed by atoms with E-state index in [4.69, 9.17) is 14.2 Å². The lowest BCUT2D eigenvalue weighted by molar-refractivity contribution is -0.386. The lowest BCUT2D eigenvalue weighted by atomic mass is 10.1. The van der Waals surface area contributed by atoms with Crippen molar-refractivity contribution in [2.45, 2.75) is 13.5 Å². The molecule has 3 aromatic rings. The molecule has 0 atom stereocenters. The van der Waals surface area contributed by atoms with E-state index in [2.05, 4.69) is 10.3 Å². The summed E-state index contributed by atoms with van der Waals surface area (Å²) in [5, 5.41) is 14.4. The van der Waals surface area contributed by atoms with Crippen molar-refractivity contribution in [2.24, 2.45) is 0 Å². The lowest BCUT2D eigenvalue weighted by Gasteiger charge is -2.15. The molecule has 0 fully saturated rings. The summed E-state index contributed by atoms with van der Waals surface area (Å²) in [6, 6.07) is 8.43. The summed E-state index contributed by atoms with van der Waals surface area (Å²) in [7, 11) is 3.95. The molecule has 10 nitrogen and oxygen atoms in total. The van der Waals surface area contributed by atoms with Crippen LogP contribution in [-0.2, 0) is 6.54 Å². The number of ether oxygens (including phenoxy) is 3. The van der Waals surface area contributed by atoms with Gasteiger partial charge < -0.3 is 24.1 Å². The number of methoxy groups -OCH3 is 3. The second-order valence-electron chi connectivity index (χ2n) is 6.55. The minimum atomic E-state index is -0.688. The van der Waals surface area contributed by atoms with Crippen LogP contribution in [0.5, 0.6) is 17.2 Å². The topological polar surface area (TPSA) is 118 Å². The third-order valence-electron chi connectivity index (χ3n) is 4.72. The first kappa shape index (κ1) is 21.6. The Morgan fingerprint density at radius 1 is 1.13 bits per heavy atom. The molecule has 0 saturated heterocycles. The van der Waals surface area contributed by atoms with Crippen LogP contribution in [-0.4, -0.2) is 41.7 Å². The van der Waals surface area contributed by atoms with Gasteiger partial charge in [-0.15, -0.1) is 0 Å². The summed E-state index contributed by atoms with van der Waals surface area (Å²) in [6.07, 6.45) is 3.61. The highest BCUT2D eigenvalue weighted by molar-refractivity contribution is 6.08. The van der Waals surface area contributed by atoms with Gasteiger partial charge in [0.15, 0.2) is 5.75 Å². The van der Waals surface area contributed by atoms with Crippen molar-refractivity contribution >= 4 is 17.3 Å². The van der Waals surface area contributed by atoms with Gasteiger partial charge in [0.2, 0.25) is 11.5 Å². The average Bonchev–Trinajstić information content (AvgIpc) is 3.17. The van der Waals surface area contributed by atoms with E-state index in [-0.39, 0.29) is 22.8 Å². The van der Waals surface area contributed by atoms with Crippen LogP contribution in [0.4, 0.5) is 11.4 Å². The monoisotopic (exact) mass is 426 g/mol. The van der Waals surface area contributed by atoms with E-state index in [1.807, 2.05) is 29.8 Å². The van der Waals surface area contributed by atoms with Gasteiger partial charge in [-0.2, -0.15) is 0 Å². The molecule has 0 saturated carbocycles. The van der Waals surface area contributed by atoms with Gasteiger partial charge in [-0.1, -0.05) is 12.1 Å². The number of rotatable bonds is 8. The molecule has 0 bridgehead atoms. The van der Waals surface area contributed by atoms with Crippen LogP contribution in [0.25, 0.3) is 0 Å². The Labute approximate surface area is 178 Å². The standard InChI is InChI=1S/C21H22N4O6/c1-13-22-9-10-24(13)12-14-5-7-15(8-6-14)23-21(26)16-11-17(29-2)19(30-3)20(31-4)18(16)25(27)28/h5-11H,12H2,1-4H3,(H,23,26). The van der Waals surface area contributed by atoms with E-state index >= 15 is 0 Å². The van der Waals surface area contributed by atoms with Crippen molar-refractivity contribution < 1.29 is 23.9 Å². The number of carbonyl (C=O) groups excluding carboxylic acids is 1. The number of aryl methyl sites for hydroxylation is 1. The maximum atomic E-state index is 12.9. The fourth-order valence-corrected chi connectivity index (χ4v) is 3.15. The molecule has 0 spiro atoms. The van der Waals surface area contributed by atoms with Crippen molar-refractivity contribution in [2.75, 3.05) is 26.6 Å². The number of amides is 1. The molecule has 2 aromatic carbocycles. The molecular weight excluding hydrogens is 404 g/mol. The number of anilines is 1. The Morgan fingerprint density at radius 3 is 2.32 bits per heavy atom. The first-order valence-electron chi connectivity index (χ1n) is 9.25. The molecule has 10 heteroatoms. The van der Waals surface area contributed by atoms with Gasteiger partial charge in [-0.25, -0.2) is 4.98 Å². The summed E-state index contributed by atoms with van der Waals surface area (Å²) in [5.74, 6) is 0.202. The number of hydrogen-bond acceptors (Lipinski definition) is 7. The fraction of sp³-hybridized carbons (Fsp3) is 0.238. The number of imidazole rings is 1. The van der Waals surface area contributed by atoms with Crippen LogP contribution in [0.15, 0.2) is 42.7 Å². The van der Waals surface area contributed by atoms with Crippen molar-refractivity contribution in [1.82, 2.24) is 9.55 Å². The van der Waals surface area contributed by atoms with Gasteiger partial charge in [0.25, 0.3) is 5.91 Å². The molecule has 1 amide bonds. The Kier molecular flexibility index (Phi) is 6.39. The van der Waals surface area contributed by atoms with Gasteiger partial charge in [0.05, 0.1) is 26.3 Å². The highest BCUT2D eigenvalue weighted by Crippen LogP contribution is 2.46. The molecule has 162 valence electrons. The second-order valence-corrected chi connectivity index (χ2v) is 6.55. The molecule has 31 heavy (non-hydrogen) atoms.